The fourth-order valence-electron chi connectivity index (χ4n) is 7.34. The fraction of sp³-hybridized carbons (Fsp3) is 0.826. The van der Waals surface area contributed by atoms with Crippen molar-refractivity contribution in [1.29, 1.82) is 0 Å². The van der Waals surface area contributed by atoms with Crippen molar-refractivity contribution in [2.75, 3.05) is 39.3 Å². The first-order valence-corrected chi connectivity index (χ1v) is 22.5. The first-order chi connectivity index (χ1) is 26.9. The van der Waals surface area contributed by atoms with E-state index in [4.69, 9.17) is 0 Å². The summed E-state index contributed by atoms with van der Waals surface area (Å²) in [5.41, 5.74) is 1.07. The number of likely N-dealkylation sites (tertiary alicyclic amines) is 2. The Morgan fingerprint density at radius 1 is 0.517 bits per heavy atom. The van der Waals surface area contributed by atoms with Crippen LogP contribution in [0.4, 0.5) is 0 Å². The van der Waals surface area contributed by atoms with Gasteiger partial charge in [-0.25, -0.2) is 4.68 Å². The van der Waals surface area contributed by atoms with Gasteiger partial charge in [0.15, 0.2) is 0 Å². The number of rotatable bonds is 9. The normalized spacial score (nSPS) is 19.9. The van der Waals surface area contributed by atoms with Gasteiger partial charge in [-0.2, -0.15) is 0 Å². The van der Waals surface area contributed by atoms with Crippen LogP contribution in [0.1, 0.15) is 162 Å². The molecule has 3 fully saturated rings. The van der Waals surface area contributed by atoms with Crippen LogP contribution in [0.25, 0.3) is 0 Å². The number of amides is 4. The smallest absolute Gasteiger partial charge is 0.253 e. The summed E-state index contributed by atoms with van der Waals surface area (Å²) in [6, 6.07) is 2.57. The van der Waals surface area contributed by atoms with Gasteiger partial charge >= 0.3 is 0 Å². The summed E-state index contributed by atoms with van der Waals surface area (Å²) in [6.45, 7) is 45.8. The molecule has 0 aromatic carbocycles. The molecular formula is C46H86N8O4. The van der Waals surface area contributed by atoms with Crippen LogP contribution in [0.2, 0.25) is 0 Å². The lowest BCUT2D eigenvalue weighted by atomic mass is 9.86. The molecule has 4 aliphatic rings. The zero-order valence-corrected chi connectivity index (χ0v) is 40.2. The van der Waals surface area contributed by atoms with Crippen LogP contribution in [-0.2, 0) is 19.2 Å². The molecule has 1 aromatic heterocycles. The molecule has 12 heteroatoms. The Morgan fingerprint density at radius 2 is 0.931 bits per heavy atom. The molecule has 0 radical (unpaired) electrons. The standard InChI is InChI=1S/C11H23N.C10H22N2.C10H17NO2.C8H15N3.C7H9NO2/c2*1-9(2)11-5-7-12(8-6-11)10(3)4;1-6(2)8-5-9(12)11(7(3)4)10(8)13;1-6(2)8-5-11(7(3)4)10-9-8;1-5(2)8-6(9)3-4-7(8)10/h9-11H,5-8H2,1-4H3;9-10H,5-8H2,1-4H3;6-8H,5H2,1-4H3;5-7H,1-4H3;3-5H,1-2H3. The number of carbonyl (C=O) groups is 4. The van der Waals surface area contributed by atoms with Crippen molar-refractivity contribution < 1.29 is 19.2 Å². The third-order valence-corrected chi connectivity index (χ3v) is 11.6. The number of imide groups is 2. The first-order valence-electron chi connectivity index (χ1n) is 22.5. The number of hydrogen-bond acceptors (Lipinski definition) is 9. The van der Waals surface area contributed by atoms with Crippen LogP contribution >= 0.6 is 0 Å². The minimum absolute atomic E-state index is 0.00347. The van der Waals surface area contributed by atoms with E-state index in [2.05, 4.69) is 108 Å². The third-order valence-electron chi connectivity index (χ3n) is 11.6. The Kier molecular flexibility index (Phi) is 23.4. The second-order valence-corrected chi connectivity index (χ2v) is 19.1. The highest BCUT2D eigenvalue weighted by Gasteiger charge is 2.41. The molecule has 334 valence electrons. The van der Waals surface area contributed by atoms with Crippen LogP contribution in [0.15, 0.2) is 18.3 Å². The minimum Gasteiger partial charge on any atom is -0.301 e. The fourth-order valence-corrected chi connectivity index (χ4v) is 7.34. The summed E-state index contributed by atoms with van der Waals surface area (Å²) in [4.78, 5) is 55.2. The predicted octanol–water partition coefficient (Wildman–Crippen LogP) is 7.91. The van der Waals surface area contributed by atoms with Gasteiger partial charge < -0.3 is 4.90 Å². The molecular weight excluding hydrogens is 729 g/mol. The molecule has 12 nitrogen and oxygen atoms in total. The number of piperazine rings is 1. The topological polar surface area (TPSA) is 115 Å². The number of nitrogens with zero attached hydrogens (tertiary/aromatic N) is 8. The average molecular weight is 815 g/mol. The highest BCUT2D eigenvalue weighted by molar-refractivity contribution is 6.13. The lowest BCUT2D eigenvalue weighted by Crippen LogP contribution is -2.50. The Hall–Kier alpha value is -2.96. The van der Waals surface area contributed by atoms with Gasteiger partial charge in [0.1, 0.15) is 0 Å². The predicted molar refractivity (Wildman–Crippen MR) is 238 cm³/mol. The van der Waals surface area contributed by atoms with Gasteiger partial charge in [-0.15, -0.1) is 5.10 Å². The van der Waals surface area contributed by atoms with Crippen molar-refractivity contribution in [3.63, 3.8) is 0 Å². The summed E-state index contributed by atoms with van der Waals surface area (Å²) in [5, 5.41) is 8.05. The monoisotopic (exact) mass is 815 g/mol. The molecule has 1 atom stereocenters. The molecule has 3 saturated heterocycles. The van der Waals surface area contributed by atoms with E-state index < -0.39 is 0 Å². The van der Waals surface area contributed by atoms with Crippen molar-refractivity contribution >= 4 is 23.6 Å². The van der Waals surface area contributed by atoms with Crippen molar-refractivity contribution in [2.45, 2.75) is 186 Å². The SMILES string of the molecule is CC(C)C1CC(=O)N(C(C)C)C1=O.CC(C)C1CCN(C(C)C)CC1.CC(C)N1C(=O)C=CC1=O.CC(C)N1CCN(C(C)C)CC1.CC(C)c1cn(C(C)C)nn1. The molecule has 1 aromatic rings. The highest BCUT2D eigenvalue weighted by atomic mass is 16.2. The summed E-state index contributed by atoms with van der Waals surface area (Å²) in [7, 11) is 0. The average Bonchev–Trinajstić information content (AvgIpc) is 3.86. The number of carbonyl (C=O) groups excluding carboxylic acids is 4. The van der Waals surface area contributed by atoms with Crippen LogP contribution in [0.3, 0.4) is 0 Å². The zero-order chi connectivity index (χ0) is 44.6. The lowest BCUT2D eigenvalue weighted by Gasteiger charge is -2.38. The molecule has 0 saturated carbocycles. The molecule has 58 heavy (non-hydrogen) atoms. The van der Waals surface area contributed by atoms with E-state index in [9.17, 15) is 19.2 Å². The largest absolute Gasteiger partial charge is 0.301 e. The van der Waals surface area contributed by atoms with Gasteiger partial charge in [0.25, 0.3) is 11.8 Å². The second kappa shape index (κ2) is 25.6. The van der Waals surface area contributed by atoms with E-state index in [-0.39, 0.29) is 47.5 Å². The maximum atomic E-state index is 11.7. The van der Waals surface area contributed by atoms with Gasteiger partial charge in [-0.3, -0.25) is 38.8 Å². The maximum Gasteiger partial charge on any atom is 0.253 e. The Labute approximate surface area is 354 Å². The van der Waals surface area contributed by atoms with E-state index in [1.165, 1.54) is 74.1 Å². The first kappa shape index (κ1) is 53.1. The molecule has 5 heterocycles. The Morgan fingerprint density at radius 3 is 1.17 bits per heavy atom. The molecule has 5 rings (SSSR count). The Balaban J connectivity index is 0.000000363. The van der Waals surface area contributed by atoms with Crippen LogP contribution < -0.4 is 0 Å². The molecule has 4 aliphatic heterocycles. The van der Waals surface area contributed by atoms with E-state index in [1.54, 1.807) is 0 Å². The van der Waals surface area contributed by atoms with Crippen molar-refractivity contribution in [2.24, 2.45) is 23.7 Å². The van der Waals surface area contributed by atoms with E-state index in [0.717, 1.165) is 35.7 Å². The van der Waals surface area contributed by atoms with Crippen molar-refractivity contribution in [3.8, 4) is 0 Å². The van der Waals surface area contributed by atoms with Crippen molar-refractivity contribution in [1.82, 2.24) is 39.5 Å². The molecule has 0 spiro atoms. The van der Waals surface area contributed by atoms with Crippen LogP contribution in [0.5, 0.6) is 0 Å². The maximum absolute atomic E-state index is 11.7. The highest BCUT2D eigenvalue weighted by Crippen LogP contribution is 2.28. The van der Waals surface area contributed by atoms with Gasteiger partial charge in [-0.05, 0) is 133 Å². The van der Waals surface area contributed by atoms with E-state index in [0.29, 0.717) is 18.4 Å². The summed E-state index contributed by atoms with van der Waals surface area (Å²) in [5.74, 6) is 2.10. The summed E-state index contributed by atoms with van der Waals surface area (Å²) < 4.78 is 1.88. The second-order valence-electron chi connectivity index (χ2n) is 19.1. The summed E-state index contributed by atoms with van der Waals surface area (Å²) in [6.07, 6.45) is 7.82. The molecule has 1 unspecified atom stereocenters. The van der Waals surface area contributed by atoms with E-state index in [1.807, 2.05) is 52.4 Å². The number of hydrogen-bond donors (Lipinski definition) is 0. The molecule has 0 aliphatic carbocycles. The minimum atomic E-state index is -0.208. The van der Waals surface area contributed by atoms with E-state index >= 15 is 0 Å². The zero-order valence-electron chi connectivity index (χ0n) is 40.2. The number of aromatic nitrogens is 3. The van der Waals surface area contributed by atoms with Gasteiger partial charge in [0, 0.05) is 93.1 Å². The third kappa shape index (κ3) is 17.3. The van der Waals surface area contributed by atoms with Gasteiger partial charge in [0.05, 0.1) is 5.69 Å². The van der Waals surface area contributed by atoms with Gasteiger partial charge in [0.2, 0.25) is 11.8 Å². The summed E-state index contributed by atoms with van der Waals surface area (Å²) >= 11 is 0. The quantitative estimate of drug-likeness (QED) is 0.230. The molecule has 4 amide bonds. The van der Waals surface area contributed by atoms with Crippen molar-refractivity contribution in [3.05, 3.63) is 24.0 Å². The Bertz CT molecular complexity index is 1290. The van der Waals surface area contributed by atoms with Crippen LogP contribution in [0, 0.1) is 23.7 Å². The van der Waals surface area contributed by atoms with Gasteiger partial charge in [-0.1, -0.05) is 46.8 Å². The lowest BCUT2D eigenvalue weighted by molar-refractivity contribution is -0.142. The van der Waals surface area contributed by atoms with Crippen LogP contribution in [-0.4, -0.2) is 133 Å². The molecule has 0 bridgehead atoms. The number of piperidine rings is 1. The molecule has 0 N–H and O–H groups in total.